The van der Waals surface area contributed by atoms with Crippen LogP contribution in [0.25, 0.3) is 0 Å². The molecule has 596 valence electrons. The van der Waals surface area contributed by atoms with Crippen LogP contribution in [0.4, 0.5) is 26.3 Å². The van der Waals surface area contributed by atoms with Crippen molar-refractivity contribution in [1.29, 1.82) is 0 Å². The van der Waals surface area contributed by atoms with Crippen molar-refractivity contribution in [3.8, 4) is 0 Å². The predicted molar refractivity (Wildman–Crippen MR) is 383 cm³/mol. The van der Waals surface area contributed by atoms with Gasteiger partial charge in [-0.15, -0.1) is 0 Å². The van der Waals surface area contributed by atoms with Gasteiger partial charge in [-0.3, -0.25) is 57.5 Å². The molecule has 0 aromatic heterocycles. The summed E-state index contributed by atoms with van der Waals surface area (Å²) >= 11 is 6.17. The quantitative estimate of drug-likeness (QED) is 0.181. The molecule has 3 N–H and O–H groups in total. The first-order valence-corrected chi connectivity index (χ1v) is 37.6. The van der Waals surface area contributed by atoms with Gasteiger partial charge in [-0.25, -0.2) is 0 Å². The molecule has 108 heavy (non-hydrogen) atoms. The number of hydrogen-bond acceptors (Lipinski definition) is 14. The number of rotatable bonds is 12. The summed E-state index contributed by atoms with van der Waals surface area (Å²) in [6, 6.07) is -4.53. The number of alkyl halides is 6. The second-order valence-electron chi connectivity index (χ2n) is 29.4. The Morgan fingerprint density at radius 2 is 1.32 bits per heavy atom. The zero-order valence-corrected chi connectivity index (χ0v) is 63.9. The zero-order chi connectivity index (χ0) is 79.4. The molecular weight excluding hydrogens is 1440 g/mol. The van der Waals surface area contributed by atoms with Gasteiger partial charge in [0.15, 0.2) is 0 Å². The lowest BCUT2D eigenvalue weighted by atomic mass is 9.74. The first-order chi connectivity index (χ1) is 51.0. The van der Waals surface area contributed by atoms with Gasteiger partial charge in [0.25, 0.3) is 0 Å². The fourth-order valence-corrected chi connectivity index (χ4v) is 15.7. The van der Waals surface area contributed by atoms with Crippen LogP contribution in [0.3, 0.4) is 0 Å². The highest BCUT2D eigenvalue weighted by Crippen LogP contribution is 2.40. The highest BCUT2D eigenvalue weighted by Gasteiger charge is 2.54. The van der Waals surface area contributed by atoms with E-state index >= 15 is 28.8 Å². The normalized spacial score (nSPS) is 26.9. The SMILES string of the molecule is CCO[C@@H]1C[C@H]2C(=O)NC3(CCC3)C(=O)N(C)[C@@H](C3CCCC3)C(=O)N(C)[C@H](C(=O)N3CCOCC3)CC(=O)N(C)[C@@H](CC)C(=O)N[C@@H]([C@@H](C)CC)C(=O)N(C)CC(=O)N(C)[C@H]3C/C=C\CCN(C3=O)[C@@H](Cc3ccc(C(F)(F)F)cc3)C(=O)N(C)CC(=O)N[C@@H](CCc3ccc(C(F)(F)F)c(Cl)c3)C(=O)N2C1. The summed E-state index contributed by atoms with van der Waals surface area (Å²) in [5.41, 5.74) is -3.47. The summed E-state index contributed by atoms with van der Waals surface area (Å²) in [6.45, 7) is 5.48. The molecule has 2 aromatic carbocycles. The zero-order valence-electron chi connectivity index (χ0n) is 63.1. The number of halogens is 7. The summed E-state index contributed by atoms with van der Waals surface area (Å²) in [6.07, 6.45) is -5.54. The second kappa shape index (κ2) is 36.9. The molecule has 3 saturated heterocycles. The fourth-order valence-electron chi connectivity index (χ4n) is 15.4. The maximum Gasteiger partial charge on any atom is 0.417 e. The average molecular weight is 1550 g/mol. The van der Waals surface area contributed by atoms with Crippen LogP contribution in [0.15, 0.2) is 54.6 Å². The molecule has 12 amide bonds. The molecule has 2 aliphatic carbocycles. The molecule has 0 unspecified atom stereocenters. The number of aryl methyl sites for hydroxylation is 1. The first-order valence-electron chi connectivity index (χ1n) is 37.2. The van der Waals surface area contributed by atoms with E-state index in [0.29, 0.717) is 38.5 Å². The van der Waals surface area contributed by atoms with Crippen LogP contribution in [-0.4, -0.2) is 276 Å². The minimum atomic E-state index is -4.83. The third-order valence-electron chi connectivity index (χ3n) is 22.2. The lowest BCUT2D eigenvalue weighted by Crippen LogP contribution is -2.68. The van der Waals surface area contributed by atoms with E-state index in [4.69, 9.17) is 21.1 Å². The monoisotopic (exact) mass is 1540 g/mol. The molecular formula is C75H103ClF6N12O14. The van der Waals surface area contributed by atoms with Crippen LogP contribution < -0.4 is 16.0 Å². The fraction of sp³-hybridized carbons (Fsp3) is 0.653. The number of fused-ring (bicyclic) bond motifs is 3. The molecule has 2 aromatic rings. The number of nitrogens with zero attached hydrogens (tertiary/aromatic N) is 9. The maximum absolute atomic E-state index is 15.7. The van der Waals surface area contributed by atoms with Gasteiger partial charge in [-0.1, -0.05) is 82.0 Å². The van der Waals surface area contributed by atoms with Crippen LogP contribution in [0.2, 0.25) is 5.02 Å². The van der Waals surface area contributed by atoms with E-state index in [-0.39, 0.29) is 108 Å². The van der Waals surface area contributed by atoms with E-state index in [1.165, 1.54) is 57.0 Å². The Kier molecular flexibility index (Phi) is 29.1. The van der Waals surface area contributed by atoms with Crippen molar-refractivity contribution < 1.29 is 93.4 Å². The van der Waals surface area contributed by atoms with E-state index in [2.05, 4.69) is 16.0 Å². The molecule has 0 radical (unpaired) electrons. The minimum absolute atomic E-state index is 0.00285. The van der Waals surface area contributed by atoms with Crippen LogP contribution in [0.1, 0.15) is 140 Å². The van der Waals surface area contributed by atoms with Gasteiger partial charge in [0.05, 0.1) is 55.0 Å². The highest BCUT2D eigenvalue weighted by atomic mass is 35.5. The molecule has 6 aliphatic rings. The lowest BCUT2D eigenvalue weighted by Gasteiger charge is -2.47. The Bertz CT molecular complexity index is 3650. The number of carbonyl (C=O) groups is 12. The van der Waals surface area contributed by atoms with Crippen LogP contribution in [0.5, 0.6) is 0 Å². The third-order valence-corrected chi connectivity index (χ3v) is 22.6. The van der Waals surface area contributed by atoms with Crippen molar-refractivity contribution in [3.05, 3.63) is 81.9 Å². The van der Waals surface area contributed by atoms with Crippen molar-refractivity contribution in [1.82, 2.24) is 60.0 Å². The summed E-state index contributed by atoms with van der Waals surface area (Å²) in [5, 5.41) is 7.80. The van der Waals surface area contributed by atoms with E-state index < -0.39 is 197 Å². The maximum atomic E-state index is 15.7. The van der Waals surface area contributed by atoms with Crippen molar-refractivity contribution >= 4 is 82.5 Å². The van der Waals surface area contributed by atoms with Crippen molar-refractivity contribution in [3.63, 3.8) is 0 Å². The number of likely N-dealkylation sites (N-methyl/N-ethyl adjacent to an activating group) is 6. The smallest absolute Gasteiger partial charge is 0.378 e. The van der Waals surface area contributed by atoms with E-state index in [9.17, 15) is 55.1 Å². The Morgan fingerprint density at radius 1 is 0.676 bits per heavy atom. The van der Waals surface area contributed by atoms with Gasteiger partial charge in [0, 0.05) is 87.9 Å². The molecule has 33 heteroatoms. The molecule has 5 fully saturated rings. The van der Waals surface area contributed by atoms with Crippen molar-refractivity contribution in [2.45, 2.75) is 203 Å². The van der Waals surface area contributed by atoms with Crippen LogP contribution in [-0.2, 0) is 92.2 Å². The largest absolute Gasteiger partial charge is 0.417 e. The predicted octanol–water partition coefficient (Wildman–Crippen LogP) is 5.25. The van der Waals surface area contributed by atoms with Crippen molar-refractivity contribution in [2.24, 2.45) is 11.8 Å². The number of morpholine rings is 1. The number of carbonyl (C=O) groups excluding carboxylic acids is 12. The summed E-state index contributed by atoms with van der Waals surface area (Å²) in [4.78, 5) is 192. The first kappa shape index (κ1) is 85.2. The lowest BCUT2D eigenvalue weighted by molar-refractivity contribution is -0.159. The van der Waals surface area contributed by atoms with E-state index in [0.717, 1.165) is 71.9 Å². The van der Waals surface area contributed by atoms with E-state index in [1.54, 1.807) is 39.8 Å². The van der Waals surface area contributed by atoms with Gasteiger partial charge in [-0.2, -0.15) is 26.3 Å². The van der Waals surface area contributed by atoms with Gasteiger partial charge in [0.2, 0.25) is 70.9 Å². The molecule has 2 saturated carbocycles. The Morgan fingerprint density at radius 3 is 1.92 bits per heavy atom. The average Bonchev–Trinajstić information content (AvgIpc) is 1.18. The third kappa shape index (κ3) is 20.2. The van der Waals surface area contributed by atoms with Gasteiger partial charge in [-0.05, 0) is 118 Å². The molecule has 10 atom stereocenters. The summed E-state index contributed by atoms with van der Waals surface area (Å²) in [5.74, 6) is -10.4. The minimum Gasteiger partial charge on any atom is -0.378 e. The summed E-state index contributed by atoms with van der Waals surface area (Å²) < 4.78 is 95.5. The molecule has 26 nitrogen and oxygen atoms in total. The number of amides is 12. The number of ether oxygens (including phenoxy) is 2. The van der Waals surface area contributed by atoms with Crippen LogP contribution >= 0.6 is 11.6 Å². The second-order valence-corrected chi connectivity index (χ2v) is 29.8. The molecule has 4 heterocycles. The molecule has 1 spiro atoms. The standard InChI is InChI=1S/C75H103ClF6N12O14/c1-11-45(4)62-70(104)87(6)44-61(97)89(8)55-22-15-14-18-33-93(69(55)103)58(39-47-23-27-49(28-24-47)74(77,78)79)67(101)86(5)43-59(95)83-53(30-26-46-25-29-51(52(76)38-46)75(80,81)82)66(100)94-42-50(108-13-3)40-56(94)65(99)85-73(31-19-32-73)72(106)91(10)63(48-20-16-17-21-48)71(105)90(9)57(68(102)92-34-36-107-37-35-92)41-60(96)88(7)54(12-2)64(98)84-62/h14-15,23-25,27-29,38,45,48,50,53-58,62-63H,11-13,16-22,26,30-37,39-44H2,1-10H3,(H,83,95)(H,84,98)(H,85,99)/b15-14-/t45-,50+,53-,54-,55-,56-,57-,58-,62-,63-/m0/s1. The number of hydrogen-bond donors (Lipinski definition) is 3. The highest BCUT2D eigenvalue weighted by molar-refractivity contribution is 6.31. The molecule has 2 bridgehead atoms. The molecule has 8 rings (SSSR count). The van der Waals surface area contributed by atoms with Gasteiger partial charge in [0.1, 0.15) is 53.9 Å². The molecule has 4 aliphatic heterocycles. The van der Waals surface area contributed by atoms with Crippen molar-refractivity contribution in [2.75, 3.05) is 101 Å². The van der Waals surface area contributed by atoms with Gasteiger partial charge < -0.3 is 69.5 Å². The van der Waals surface area contributed by atoms with Crippen LogP contribution in [0, 0.1) is 11.8 Å². The number of benzene rings is 2. The topological polar surface area (TPSA) is 289 Å². The number of nitrogens with one attached hydrogen (secondary N) is 3. The Balaban J connectivity index is 1.22. The Hall–Kier alpha value is -8.39. The summed E-state index contributed by atoms with van der Waals surface area (Å²) in [7, 11) is 8.01. The van der Waals surface area contributed by atoms with E-state index in [1.807, 2.05) is 0 Å². The Labute approximate surface area is 631 Å². The van der Waals surface area contributed by atoms with Gasteiger partial charge >= 0.3 is 12.4 Å².